The Morgan fingerprint density at radius 3 is 1.28 bits per heavy atom. The zero-order valence-electron chi connectivity index (χ0n) is 20.8. The zero-order chi connectivity index (χ0) is 23.8. The van der Waals surface area contributed by atoms with Crippen LogP contribution in [-0.4, -0.2) is 70.4 Å². The molecule has 2 amide bonds. The number of rotatable bonds is 0. The summed E-state index contributed by atoms with van der Waals surface area (Å²) in [5.74, 6) is 1.15. The molecule has 6 atom stereocenters. The molecule has 6 rings (SSSR count). The molecule has 4 aliphatic heterocycles. The molecule has 4 N–H and O–H groups in total. The number of nitrogens with zero attached hydrogens (tertiary/aromatic N) is 2. The first-order valence-electron chi connectivity index (χ1n) is 12.2. The van der Waals surface area contributed by atoms with Gasteiger partial charge in [0.1, 0.15) is 11.2 Å². The highest BCUT2D eigenvalue weighted by Gasteiger charge is 2.43. The van der Waals surface area contributed by atoms with Crippen molar-refractivity contribution >= 4 is 12.2 Å². The van der Waals surface area contributed by atoms with Crippen LogP contribution in [0.15, 0.2) is 0 Å². The molecular formula is C24H44N4O4. The van der Waals surface area contributed by atoms with Gasteiger partial charge in [0.15, 0.2) is 0 Å². The SMILES string of the molecule is CC(C)(C)OC(=O)N1C[C@@H]2CC[C@H]1[C@H](N)C2.CC(C)(C)OC(=O)N1C[C@H]2CC[C@@H]1[C@@H](N)C2. The minimum absolute atomic E-state index is 0.139. The van der Waals surface area contributed by atoms with Crippen molar-refractivity contribution in [3.8, 4) is 0 Å². The second-order valence-electron chi connectivity index (χ2n) is 12.1. The Kier molecular flexibility index (Phi) is 7.35. The number of hydrogen-bond donors (Lipinski definition) is 2. The van der Waals surface area contributed by atoms with Gasteiger partial charge in [0.2, 0.25) is 0 Å². The van der Waals surface area contributed by atoms with E-state index >= 15 is 0 Å². The first kappa shape index (κ1) is 25.1. The van der Waals surface area contributed by atoms with Gasteiger partial charge in [-0.25, -0.2) is 9.59 Å². The molecule has 6 aliphatic rings. The molecule has 2 aliphatic carbocycles. The van der Waals surface area contributed by atoms with Crippen LogP contribution < -0.4 is 11.5 Å². The Morgan fingerprint density at radius 1 is 0.688 bits per heavy atom. The van der Waals surface area contributed by atoms with Crippen molar-refractivity contribution in [3.63, 3.8) is 0 Å². The van der Waals surface area contributed by atoms with E-state index < -0.39 is 11.2 Å². The molecule has 8 nitrogen and oxygen atoms in total. The molecule has 0 aromatic rings. The summed E-state index contributed by atoms with van der Waals surface area (Å²) in [6, 6.07) is 0.666. The zero-order valence-corrected chi connectivity index (χ0v) is 20.8. The molecule has 6 fully saturated rings. The largest absolute Gasteiger partial charge is 0.444 e. The van der Waals surface area contributed by atoms with Crippen LogP contribution in [-0.2, 0) is 9.47 Å². The van der Waals surface area contributed by atoms with Gasteiger partial charge in [-0.15, -0.1) is 0 Å². The van der Waals surface area contributed by atoms with Gasteiger partial charge >= 0.3 is 12.2 Å². The summed E-state index contributed by atoms with van der Waals surface area (Å²) >= 11 is 0. The van der Waals surface area contributed by atoms with Gasteiger partial charge in [-0.2, -0.15) is 0 Å². The topological polar surface area (TPSA) is 111 Å². The molecule has 0 aromatic carbocycles. The van der Waals surface area contributed by atoms with Crippen molar-refractivity contribution in [2.45, 2.75) is 115 Å². The van der Waals surface area contributed by atoms with E-state index in [-0.39, 0.29) is 36.4 Å². The lowest BCUT2D eigenvalue weighted by molar-refractivity contribution is -0.0188. The van der Waals surface area contributed by atoms with Gasteiger partial charge < -0.3 is 30.7 Å². The van der Waals surface area contributed by atoms with Gasteiger partial charge in [0.25, 0.3) is 0 Å². The highest BCUT2D eigenvalue weighted by atomic mass is 16.6. The minimum atomic E-state index is -0.419. The number of amides is 2. The van der Waals surface area contributed by atoms with E-state index in [2.05, 4.69) is 0 Å². The number of carbonyl (C=O) groups is 2. The lowest BCUT2D eigenvalue weighted by Gasteiger charge is -2.48. The summed E-state index contributed by atoms with van der Waals surface area (Å²) in [7, 11) is 0. The van der Waals surface area contributed by atoms with Crippen LogP contribution in [0.5, 0.6) is 0 Å². The van der Waals surface area contributed by atoms with E-state index in [1.807, 2.05) is 51.3 Å². The van der Waals surface area contributed by atoms with Crippen LogP contribution in [0.3, 0.4) is 0 Å². The summed E-state index contributed by atoms with van der Waals surface area (Å²) in [5, 5.41) is 0. The molecule has 4 bridgehead atoms. The molecule has 0 radical (unpaired) electrons. The molecule has 0 spiro atoms. The normalized spacial score (nSPS) is 34.0. The maximum Gasteiger partial charge on any atom is 0.410 e. The molecule has 8 heteroatoms. The van der Waals surface area contributed by atoms with E-state index in [0.717, 1.165) is 38.8 Å². The van der Waals surface area contributed by atoms with Crippen LogP contribution in [0.4, 0.5) is 9.59 Å². The molecule has 32 heavy (non-hydrogen) atoms. The highest BCUT2D eigenvalue weighted by molar-refractivity contribution is 5.69. The van der Waals surface area contributed by atoms with E-state index in [9.17, 15) is 9.59 Å². The van der Waals surface area contributed by atoms with Gasteiger partial charge in [-0.1, -0.05) is 0 Å². The van der Waals surface area contributed by atoms with Crippen molar-refractivity contribution < 1.29 is 19.1 Å². The maximum absolute atomic E-state index is 12.0. The highest BCUT2D eigenvalue weighted by Crippen LogP contribution is 2.36. The molecule has 0 aromatic heterocycles. The fourth-order valence-electron chi connectivity index (χ4n) is 5.55. The minimum Gasteiger partial charge on any atom is -0.444 e. The van der Waals surface area contributed by atoms with Crippen LogP contribution in [0, 0.1) is 11.8 Å². The average Bonchev–Trinajstić information content (AvgIpc) is 2.66. The van der Waals surface area contributed by atoms with E-state index in [0.29, 0.717) is 11.8 Å². The first-order valence-corrected chi connectivity index (χ1v) is 12.2. The Balaban J connectivity index is 0.000000181. The number of carbonyl (C=O) groups excluding carboxylic acids is 2. The number of piperidine rings is 4. The van der Waals surface area contributed by atoms with Gasteiger partial charge in [-0.05, 0) is 91.9 Å². The number of nitrogens with two attached hydrogens (primary N) is 2. The van der Waals surface area contributed by atoms with Crippen LogP contribution >= 0.6 is 0 Å². The Morgan fingerprint density at radius 2 is 1.03 bits per heavy atom. The lowest BCUT2D eigenvalue weighted by Crippen LogP contribution is -2.61. The summed E-state index contributed by atoms with van der Waals surface area (Å²) in [6.07, 6.45) is 6.20. The van der Waals surface area contributed by atoms with Crippen LogP contribution in [0.2, 0.25) is 0 Å². The smallest absolute Gasteiger partial charge is 0.410 e. The van der Waals surface area contributed by atoms with Crippen molar-refractivity contribution in [2.24, 2.45) is 23.3 Å². The molecule has 184 valence electrons. The summed E-state index contributed by atoms with van der Waals surface area (Å²) < 4.78 is 10.8. The fourth-order valence-corrected chi connectivity index (χ4v) is 5.55. The summed E-state index contributed by atoms with van der Waals surface area (Å²) in [5.41, 5.74) is 11.3. The van der Waals surface area contributed by atoms with Gasteiger partial charge in [0.05, 0.1) is 12.1 Å². The third kappa shape index (κ3) is 6.28. The Hall–Kier alpha value is -1.54. The summed E-state index contributed by atoms with van der Waals surface area (Å²) in [6.45, 7) is 13.0. The molecular weight excluding hydrogens is 408 g/mol. The average molecular weight is 453 g/mol. The number of ether oxygens (including phenoxy) is 2. The van der Waals surface area contributed by atoms with Gasteiger partial charge in [-0.3, -0.25) is 0 Å². The Bertz CT molecular complexity index is 628. The fraction of sp³-hybridized carbons (Fsp3) is 0.917. The molecule has 4 saturated heterocycles. The van der Waals surface area contributed by atoms with E-state index in [1.165, 1.54) is 12.8 Å². The maximum atomic E-state index is 12.0. The number of hydrogen-bond acceptors (Lipinski definition) is 6. The number of fused-ring (bicyclic) bond motifs is 6. The third-order valence-electron chi connectivity index (χ3n) is 6.91. The van der Waals surface area contributed by atoms with Crippen LogP contribution in [0.1, 0.15) is 80.1 Å². The van der Waals surface area contributed by atoms with Crippen molar-refractivity contribution in [2.75, 3.05) is 13.1 Å². The standard InChI is InChI=1S/2C12H22N2O2/c2*1-12(2,3)16-11(15)14-7-8-4-5-10(14)9(13)6-8/h2*8-10H,4-7,13H2,1-3H3/t2*8-,9-,10+/m10/s1. The van der Waals surface area contributed by atoms with Crippen molar-refractivity contribution in [1.29, 1.82) is 0 Å². The van der Waals surface area contributed by atoms with Crippen molar-refractivity contribution in [3.05, 3.63) is 0 Å². The monoisotopic (exact) mass is 452 g/mol. The third-order valence-corrected chi connectivity index (χ3v) is 6.91. The lowest BCUT2D eigenvalue weighted by atomic mass is 9.77. The van der Waals surface area contributed by atoms with E-state index in [1.54, 1.807) is 0 Å². The van der Waals surface area contributed by atoms with Gasteiger partial charge in [0, 0.05) is 25.2 Å². The summed E-state index contributed by atoms with van der Waals surface area (Å²) in [4.78, 5) is 27.7. The van der Waals surface area contributed by atoms with E-state index in [4.69, 9.17) is 20.9 Å². The predicted molar refractivity (Wildman–Crippen MR) is 124 cm³/mol. The predicted octanol–water partition coefficient (Wildman–Crippen LogP) is 3.47. The van der Waals surface area contributed by atoms with Crippen LogP contribution in [0.25, 0.3) is 0 Å². The van der Waals surface area contributed by atoms with Crippen molar-refractivity contribution in [1.82, 2.24) is 9.80 Å². The second kappa shape index (κ2) is 9.37. The first-order chi connectivity index (χ1) is 14.7. The molecule has 2 saturated carbocycles. The molecule has 0 unspecified atom stereocenters. The second-order valence-corrected chi connectivity index (χ2v) is 12.1. The quantitative estimate of drug-likeness (QED) is 0.582. The Labute approximate surface area is 193 Å². The molecule has 4 heterocycles.